The van der Waals surface area contributed by atoms with Gasteiger partial charge in [-0.15, -0.1) is 0 Å². The van der Waals surface area contributed by atoms with E-state index < -0.39 is 11.9 Å². The fourth-order valence-electron chi connectivity index (χ4n) is 1.38. The molecule has 0 aliphatic heterocycles. The van der Waals surface area contributed by atoms with Gasteiger partial charge in [-0.2, -0.15) is 0 Å². The minimum absolute atomic E-state index is 0.148. The molecule has 104 valence electrons. The Hall–Kier alpha value is -2.04. The van der Waals surface area contributed by atoms with E-state index >= 15 is 0 Å². The van der Waals surface area contributed by atoms with Crippen LogP contribution in [0, 0.1) is 5.92 Å². The van der Waals surface area contributed by atoms with E-state index in [1.807, 2.05) is 30.3 Å². The SMILES string of the molecule is CC(CNC(=O)CCCOc1ccccc1)C(=O)O. The third-order valence-electron chi connectivity index (χ3n) is 2.59. The number of ether oxygens (including phenoxy) is 1. The molecule has 0 bridgehead atoms. The molecule has 0 heterocycles. The van der Waals surface area contributed by atoms with Gasteiger partial charge in [-0.3, -0.25) is 9.59 Å². The van der Waals surface area contributed by atoms with Gasteiger partial charge in [0.25, 0.3) is 0 Å². The molecule has 0 spiro atoms. The van der Waals surface area contributed by atoms with Crippen molar-refractivity contribution in [3.8, 4) is 5.75 Å². The van der Waals surface area contributed by atoms with Gasteiger partial charge in [0.1, 0.15) is 5.75 Å². The molecular weight excluding hydrogens is 246 g/mol. The fraction of sp³-hybridized carbons (Fsp3) is 0.429. The first-order valence-electron chi connectivity index (χ1n) is 6.27. The number of nitrogens with one attached hydrogen (secondary N) is 1. The van der Waals surface area contributed by atoms with Crippen LogP contribution in [0.1, 0.15) is 19.8 Å². The van der Waals surface area contributed by atoms with Gasteiger partial charge in [-0.25, -0.2) is 0 Å². The van der Waals surface area contributed by atoms with Crippen LogP contribution < -0.4 is 10.1 Å². The van der Waals surface area contributed by atoms with Gasteiger partial charge in [0.2, 0.25) is 5.91 Å². The minimum Gasteiger partial charge on any atom is -0.494 e. The molecule has 0 saturated heterocycles. The van der Waals surface area contributed by atoms with E-state index in [0.29, 0.717) is 19.4 Å². The van der Waals surface area contributed by atoms with Crippen LogP contribution in [0.2, 0.25) is 0 Å². The van der Waals surface area contributed by atoms with E-state index in [1.165, 1.54) is 0 Å². The van der Waals surface area contributed by atoms with Crippen molar-refractivity contribution in [1.82, 2.24) is 5.32 Å². The summed E-state index contributed by atoms with van der Waals surface area (Å²) in [6, 6.07) is 9.39. The summed E-state index contributed by atoms with van der Waals surface area (Å²) in [6.07, 6.45) is 0.932. The normalized spacial score (nSPS) is 11.6. The Bertz CT molecular complexity index is 405. The summed E-state index contributed by atoms with van der Waals surface area (Å²) in [6.45, 7) is 2.18. The maximum Gasteiger partial charge on any atom is 0.308 e. The fourth-order valence-corrected chi connectivity index (χ4v) is 1.38. The number of amides is 1. The molecule has 1 unspecified atom stereocenters. The van der Waals surface area contributed by atoms with Crippen molar-refractivity contribution in [3.63, 3.8) is 0 Å². The Morgan fingerprint density at radius 1 is 1.32 bits per heavy atom. The van der Waals surface area contributed by atoms with Crippen LogP contribution in [0.15, 0.2) is 30.3 Å². The Morgan fingerprint density at radius 3 is 2.63 bits per heavy atom. The monoisotopic (exact) mass is 265 g/mol. The second kappa shape index (κ2) is 8.13. The molecule has 1 amide bonds. The summed E-state index contributed by atoms with van der Waals surface area (Å²) in [5, 5.41) is 11.3. The number of benzene rings is 1. The third-order valence-corrected chi connectivity index (χ3v) is 2.59. The van der Waals surface area contributed by atoms with E-state index in [4.69, 9.17) is 9.84 Å². The molecule has 2 N–H and O–H groups in total. The number of carbonyl (C=O) groups excluding carboxylic acids is 1. The third kappa shape index (κ3) is 6.45. The number of para-hydroxylation sites is 1. The minimum atomic E-state index is -0.910. The molecule has 1 rings (SSSR count). The van der Waals surface area contributed by atoms with Crippen molar-refractivity contribution >= 4 is 11.9 Å². The van der Waals surface area contributed by atoms with E-state index in [0.717, 1.165) is 5.75 Å². The zero-order valence-corrected chi connectivity index (χ0v) is 11.0. The lowest BCUT2D eigenvalue weighted by molar-refractivity contribution is -0.141. The van der Waals surface area contributed by atoms with Crippen LogP contribution in [-0.2, 0) is 9.59 Å². The molecule has 0 radical (unpaired) electrons. The Kier molecular flexibility index (Phi) is 6.43. The first-order valence-corrected chi connectivity index (χ1v) is 6.27. The van der Waals surface area contributed by atoms with Crippen LogP contribution >= 0.6 is 0 Å². The molecular formula is C14H19NO4. The maximum atomic E-state index is 11.4. The van der Waals surface area contributed by atoms with Crippen molar-refractivity contribution in [3.05, 3.63) is 30.3 Å². The van der Waals surface area contributed by atoms with Crippen molar-refractivity contribution < 1.29 is 19.4 Å². The maximum absolute atomic E-state index is 11.4. The molecule has 19 heavy (non-hydrogen) atoms. The molecule has 1 aromatic carbocycles. The second-order valence-corrected chi connectivity index (χ2v) is 4.31. The number of carboxylic acid groups (broad SMARTS) is 1. The van der Waals surface area contributed by atoms with E-state index in [9.17, 15) is 9.59 Å². The average molecular weight is 265 g/mol. The van der Waals surface area contributed by atoms with Crippen molar-refractivity contribution in [2.24, 2.45) is 5.92 Å². The van der Waals surface area contributed by atoms with Crippen molar-refractivity contribution in [2.75, 3.05) is 13.2 Å². The van der Waals surface area contributed by atoms with Gasteiger partial charge < -0.3 is 15.2 Å². The quantitative estimate of drug-likeness (QED) is 0.701. The van der Waals surface area contributed by atoms with Crippen LogP contribution in [0.5, 0.6) is 5.75 Å². The number of hydrogen-bond donors (Lipinski definition) is 2. The van der Waals surface area contributed by atoms with E-state index in [2.05, 4.69) is 5.32 Å². The van der Waals surface area contributed by atoms with E-state index in [1.54, 1.807) is 6.92 Å². The van der Waals surface area contributed by atoms with Gasteiger partial charge in [-0.1, -0.05) is 25.1 Å². The molecule has 0 aliphatic rings. The lowest BCUT2D eigenvalue weighted by Crippen LogP contribution is -2.31. The van der Waals surface area contributed by atoms with Gasteiger partial charge in [0, 0.05) is 13.0 Å². The first kappa shape index (κ1) is 15.0. The van der Waals surface area contributed by atoms with Crippen LogP contribution in [0.4, 0.5) is 0 Å². The molecule has 0 saturated carbocycles. The van der Waals surface area contributed by atoms with Gasteiger partial charge in [-0.05, 0) is 18.6 Å². The van der Waals surface area contributed by atoms with Crippen molar-refractivity contribution in [2.45, 2.75) is 19.8 Å². The number of carboxylic acids is 1. The van der Waals surface area contributed by atoms with Gasteiger partial charge in [0.05, 0.1) is 12.5 Å². The number of rotatable bonds is 8. The summed E-state index contributed by atoms with van der Waals surface area (Å²) in [5.41, 5.74) is 0. The summed E-state index contributed by atoms with van der Waals surface area (Å²) in [5.74, 6) is -0.843. The zero-order valence-electron chi connectivity index (χ0n) is 11.0. The summed E-state index contributed by atoms with van der Waals surface area (Å²) in [4.78, 5) is 22.0. The van der Waals surface area contributed by atoms with Gasteiger partial charge >= 0.3 is 5.97 Å². The Morgan fingerprint density at radius 2 is 2.00 bits per heavy atom. The molecule has 1 aromatic rings. The topological polar surface area (TPSA) is 75.6 Å². The largest absolute Gasteiger partial charge is 0.494 e. The van der Waals surface area contributed by atoms with E-state index in [-0.39, 0.29) is 12.5 Å². The molecule has 0 aromatic heterocycles. The molecule has 5 nitrogen and oxygen atoms in total. The predicted octanol–water partition coefficient (Wildman–Crippen LogP) is 1.68. The van der Waals surface area contributed by atoms with Crippen molar-refractivity contribution in [1.29, 1.82) is 0 Å². The van der Waals surface area contributed by atoms with Crippen LogP contribution in [-0.4, -0.2) is 30.1 Å². The molecule has 0 aliphatic carbocycles. The number of carbonyl (C=O) groups is 2. The molecule has 5 heteroatoms. The summed E-state index contributed by atoms with van der Waals surface area (Å²) < 4.78 is 5.45. The second-order valence-electron chi connectivity index (χ2n) is 4.31. The lowest BCUT2D eigenvalue weighted by atomic mass is 10.2. The summed E-state index contributed by atoms with van der Waals surface area (Å²) >= 11 is 0. The standard InChI is InChI=1S/C14H19NO4/c1-11(14(17)18)10-15-13(16)8-5-9-19-12-6-3-2-4-7-12/h2-4,6-7,11H,5,8-10H2,1H3,(H,15,16)(H,17,18). The molecule has 0 fully saturated rings. The Balaban J connectivity index is 2.09. The highest BCUT2D eigenvalue weighted by Crippen LogP contribution is 2.08. The first-order chi connectivity index (χ1) is 9.09. The highest BCUT2D eigenvalue weighted by Gasteiger charge is 2.11. The highest BCUT2D eigenvalue weighted by molar-refractivity contribution is 5.77. The lowest BCUT2D eigenvalue weighted by Gasteiger charge is -2.09. The highest BCUT2D eigenvalue weighted by atomic mass is 16.5. The average Bonchev–Trinajstić information content (AvgIpc) is 2.42. The van der Waals surface area contributed by atoms with Gasteiger partial charge in [0.15, 0.2) is 0 Å². The smallest absolute Gasteiger partial charge is 0.308 e. The number of aliphatic carboxylic acids is 1. The Labute approximate surface area is 112 Å². The van der Waals surface area contributed by atoms with Crippen LogP contribution in [0.3, 0.4) is 0 Å². The predicted molar refractivity (Wildman–Crippen MR) is 71.0 cm³/mol. The summed E-state index contributed by atoms with van der Waals surface area (Å²) in [7, 11) is 0. The molecule has 1 atom stereocenters. The zero-order chi connectivity index (χ0) is 14.1. The number of hydrogen-bond acceptors (Lipinski definition) is 3. The van der Waals surface area contributed by atoms with Crippen LogP contribution in [0.25, 0.3) is 0 Å².